The first-order valence-corrected chi connectivity index (χ1v) is 5.51. The highest BCUT2D eigenvalue weighted by Crippen LogP contribution is 2.26. The van der Waals surface area contributed by atoms with Crippen molar-refractivity contribution >= 4 is 0 Å². The van der Waals surface area contributed by atoms with E-state index >= 15 is 0 Å². The third-order valence-electron chi connectivity index (χ3n) is 2.67. The second kappa shape index (κ2) is 5.10. The van der Waals surface area contributed by atoms with Gasteiger partial charge in [-0.25, -0.2) is 0 Å². The second-order valence-corrected chi connectivity index (χ2v) is 4.44. The highest BCUT2D eigenvalue weighted by molar-refractivity contribution is 4.85. The molecule has 0 aromatic heterocycles. The maximum atomic E-state index is 10.2. The topological polar surface area (TPSA) is 38.7 Å². The first-order valence-electron chi connectivity index (χ1n) is 5.51. The fourth-order valence-corrected chi connectivity index (χ4v) is 1.72. The average molecular weight is 202 g/mol. The van der Waals surface area contributed by atoms with Gasteiger partial charge >= 0.3 is 0 Å². The molecule has 14 heavy (non-hydrogen) atoms. The Bertz CT molecular complexity index is 170. The Labute approximate surface area is 86.4 Å². The summed E-state index contributed by atoms with van der Waals surface area (Å²) >= 11 is 0. The fraction of sp³-hybridized carbons (Fsp3) is 1.00. The van der Waals surface area contributed by atoms with Gasteiger partial charge in [0, 0.05) is 19.4 Å². The number of aliphatic hydroxyl groups is 1. The first-order chi connectivity index (χ1) is 6.56. The lowest BCUT2D eigenvalue weighted by Crippen LogP contribution is -2.44. The predicted molar refractivity (Wildman–Crippen MR) is 55.3 cm³/mol. The van der Waals surface area contributed by atoms with E-state index in [9.17, 15) is 5.11 Å². The summed E-state index contributed by atoms with van der Waals surface area (Å²) in [5.74, 6) is 0. The van der Waals surface area contributed by atoms with Gasteiger partial charge in [-0.3, -0.25) is 0 Å². The van der Waals surface area contributed by atoms with Gasteiger partial charge in [0.15, 0.2) is 0 Å². The molecule has 0 radical (unpaired) electrons. The van der Waals surface area contributed by atoms with E-state index in [0.29, 0.717) is 26.1 Å². The molecule has 3 nitrogen and oxygen atoms in total. The lowest BCUT2D eigenvalue weighted by atomic mass is 9.90. The molecule has 2 atom stereocenters. The lowest BCUT2D eigenvalue weighted by molar-refractivity contribution is -0.142. The molecule has 0 saturated carbocycles. The van der Waals surface area contributed by atoms with Gasteiger partial charge in [0.1, 0.15) is 0 Å². The standard InChI is InChI=1S/C11H22O3/c1-4-10-7-11(12,5-6-13-10)8-14-9(2)3/h9-10,12H,4-8H2,1-3H3. The molecular weight excluding hydrogens is 180 g/mol. The zero-order valence-electron chi connectivity index (χ0n) is 9.45. The molecule has 1 saturated heterocycles. The van der Waals surface area contributed by atoms with Crippen molar-refractivity contribution in [3.63, 3.8) is 0 Å². The summed E-state index contributed by atoms with van der Waals surface area (Å²) in [4.78, 5) is 0. The molecule has 0 bridgehead atoms. The SMILES string of the molecule is CCC1CC(O)(COC(C)C)CCO1. The number of hydrogen-bond acceptors (Lipinski definition) is 3. The molecule has 1 N–H and O–H groups in total. The van der Waals surface area contributed by atoms with Crippen LogP contribution in [0.15, 0.2) is 0 Å². The summed E-state index contributed by atoms with van der Waals surface area (Å²) < 4.78 is 11.0. The van der Waals surface area contributed by atoms with Crippen molar-refractivity contribution in [1.29, 1.82) is 0 Å². The van der Waals surface area contributed by atoms with Crippen LogP contribution in [0.2, 0.25) is 0 Å². The van der Waals surface area contributed by atoms with E-state index < -0.39 is 5.60 Å². The monoisotopic (exact) mass is 202 g/mol. The van der Waals surface area contributed by atoms with Crippen molar-refractivity contribution in [1.82, 2.24) is 0 Å². The van der Waals surface area contributed by atoms with Crippen molar-refractivity contribution in [2.24, 2.45) is 0 Å². The van der Waals surface area contributed by atoms with E-state index in [1.165, 1.54) is 0 Å². The second-order valence-electron chi connectivity index (χ2n) is 4.44. The lowest BCUT2D eigenvalue weighted by Gasteiger charge is -2.36. The van der Waals surface area contributed by atoms with Crippen LogP contribution in [0, 0.1) is 0 Å². The Balaban J connectivity index is 2.38. The quantitative estimate of drug-likeness (QED) is 0.754. The van der Waals surface area contributed by atoms with Crippen molar-refractivity contribution < 1.29 is 14.6 Å². The summed E-state index contributed by atoms with van der Waals surface area (Å²) in [6.45, 7) is 7.14. The van der Waals surface area contributed by atoms with Crippen LogP contribution in [0.3, 0.4) is 0 Å². The van der Waals surface area contributed by atoms with Crippen molar-refractivity contribution in [2.45, 2.75) is 57.8 Å². The van der Waals surface area contributed by atoms with E-state index in [0.717, 1.165) is 6.42 Å². The van der Waals surface area contributed by atoms with Crippen LogP contribution in [-0.2, 0) is 9.47 Å². The molecule has 0 spiro atoms. The molecule has 2 unspecified atom stereocenters. The summed E-state index contributed by atoms with van der Waals surface area (Å²) in [6, 6.07) is 0. The van der Waals surface area contributed by atoms with E-state index in [1.807, 2.05) is 13.8 Å². The summed E-state index contributed by atoms with van der Waals surface area (Å²) in [5.41, 5.74) is -0.663. The molecule has 84 valence electrons. The van der Waals surface area contributed by atoms with Gasteiger partial charge in [0.05, 0.1) is 24.4 Å². The predicted octanol–water partition coefficient (Wildman–Crippen LogP) is 1.73. The maximum absolute atomic E-state index is 10.2. The minimum atomic E-state index is -0.663. The molecule has 0 aromatic carbocycles. The summed E-state index contributed by atoms with van der Waals surface area (Å²) in [5, 5.41) is 10.2. The highest BCUT2D eigenvalue weighted by atomic mass is 16.5. The average Bonchev–Trinajstić information content (AvgIpc) is 2.15. The van der Waals surface area contributed by atoms with Crippen LogP contribution >= 0.6 is 0 Å². The van der Waals surface area contributed by atoms with E-state index in [4.69, 9.17) is 9.47 Å². The van der Waals surface area contributed by atoms with Gasteiger partial charge in [-0.05, 0) is 20.3 Å². The Morgan fingerprint density at radius 3 is 2.86 bits per heavy atom. The molecule has 0 amide bonds. The third-order valence-corrected chi connectivity index (χ3v) is 2.67. The number of ether oxygens (including phenoxy) is 2. The number of hydrogen-bond donors (Lipinski definition) is 1. The number of rotatable bonds is 4. The Morgan fingerprint density at radius 1 is 1.57 bits per heavy atom. The van der Waals surface area contributed by atoms with Crippen LogP contribution in [0.1, 0.15) is 40.0 Å². The van der Waals surface area contributed by atoms with Crippen LogP contribution in [-0.4, -0.2) is 36.1 Å². The molecule has 3 heteroatoms. The molecule has 1 heterocycles. The normalized spacial score (nSPS) is 33.6. The van der Waals surface area contributed by atoms with Crippen molar-refractivity contribution in [3.05, 3.63) is 0 Å². The largest absolute Gasteiger partial charge is 0.387 e. The van der Waals surface area contributed by atoms with Gasteiger partial charge < -0.3 is 14.6 Å². The smallest absolute Gasteiger partial charge is 0.0926 e. The van der Waals surface area contributed by atoms with Crippen molar-refractivity contribution in [3.8, 4) is 0 Å². The van der Waals surface area contributed by atoms with Crippen LogP contribution in [0.4, 0.5) is 0 Å². The molecule has 1 aliphatic heterocycles. The van der Waals surface area contributed by atoms with Gasteiger partial charge in [-0.15, -0.1) is 0 Å². The van der Waals surface area contributed by atoms with E-state index in [2.05, 4.69) is 6.92 Å². The van der Waals surface area contributed by atoms with Crippen LogP contribution < -0.4 is 0 Å². The van der Waals surface area contributed by atoms with Gasteiger partial charge in [-0.1, -0.05) is 6.92 Å². The minimum absolute atomic E-state index is 0.182. The minimum Gasteiger partial charge on any atom is -0.387 e. The Morgan fingerprint density at radius 2 is 2.29 bits per heavy atom. The van der Waals surface area contributed by atoms with Gasteiger partial charge in [0.2, 0.25) is 0 Å². The summed E-state index contributed by atoms with van der Waals surface area (Å²) in [7, 11) is 0. The van der Waals surface area contributed by atoms with Gasteiger partial charge in [0.25, 0.3) is 0 Å². The maximum Gasteiger partial charge on any atom is 0.0926 e. The third kappa shape index (κ3) is 3.56. The Hall–Kier alpha value is -0.120. The zero-order valence-corrected chi connectivity index (χ0v) is 9.45. The Kier molecular flexibility index (Phi) is 4.35. The molecule has 1 aliphatic rings. The van der Waals surface area contributed by atoms with E-state index in [-0.39, 0.29) is 12.2 Å². The first kappa shape index (κ1) is 12.0. The van der Waals surface area contributed by atoms with Crippen molar-refractivity contribution in [2.75, 3.05) is 13.2 Å². The molecule has 0 aromatic rings. The van der Waals surface area contributed by atoms with Gasteiger partial charge in [-0.2, -0.15) is 0 Å². The van der Waals surface area contributed by atoms with E-state index in [1.54, 1.807) is 0 Å². The van der Waals surface area contributed by atoms with Crippen LogP contribution in [0.5, 0.6) is 0 Å². The van der Waals surface area contributed by atoms with Crippen LogP contribution in [0.25, 0.3) is 0 Å². The molecule has 0 aliphatic carbocycles. The molecule has 1 rings (SSSR count). The highest BCUT2D eigenvalue weighted by Gasteiger charge is 2.34. The zero-order chi connectivity index (χ0) is 10.6. The molecular formula is C11H22O3. The summed E-state index contributed by atoms with van der Waals surface area (Å²) in [6.07, 6.45) is 2.74. The fourth-order valence-electron chi connectivity index (χ4n) is 1.72. The molecule has 1 fully saturated rings.